The zero-order chi connectivity index (χ0) is 30.0. The highest BCUT2D eigenvalue weighted by atomic mass is 28.4. The maximum absolute atomic E-state index is 6.22. The molecule has 2 N–H and O–H groups in total. The number of hydrogen-bond acceptors (Lipinski definition) is 13. The van der Waals surface area contributed by atoms with Crippen LogP contribution < -0.4 is 5.73 Å². The average molecular weight is 618 g/mol. The molecule has 13 nitrogen and oxygen atoms in total. The van der Waals surface area contributed by atoms with Crippen molar-refractivity contribution in [3.8, 4) is 0 Å². The van der Waals surface area contributed by atoms with E-state index in [9.17, 15) is 0 Å². The van der Waals surface area contributed by atoms with Crippen LogP contribution in [-0.4, -0.2) is 154 Å². The fraction of sp³-hybridized carbons (Fsp3) is 1.00. The lowest BCUT2D eigenvalue weighted by Gasteiger charge is -2.30. The van der Waals surface area contributed by atoms with Crippen molar-refractivity contribution in [3.05, 3.63) is 0 Å². The SMILES string of the molecule is CCOCCOCCOCCO[Si](CCCN)(OCCOCCOCCOCC)OCCOCCOCCOCC. The normalized spacial score (nSPS) is 12.0. The molecule has 0 bridgehead atoms. The number of hydrogen-bond donors (Lipinski definition) is 1. The maximum atomic E-state index is 6.22. The van der Waals surface area contributed by atoms with Gasteiger partial charge < -0.3 is 61.6 Å². The quantitative estimate of drug-likeness (QED) is 0.0805. The molecule has 0 aliphatic heterocycles. The van der Waals surface area contributed by atoms with Gasteiger partial charge in [-0.1, -0.05) is 0 Å². The van der Waals surface area contributed by atoms with Gasteiger partial charge in [0.05, 0.1) is 119 Å². The molecule has 0 fully saturated rings. The lowest BCUT2D eigenvalue weighted by atomic mass is 10.5. The van der Waals surface area contributed by atoms with Crippen molar-refractivity contribution >= 4 is 8.80 Å². The second-order valence-electron chi connectivity index (χ2n) is 8.39. The van der Waals surface area contributed by atoms with Crippen LogP contribution in [0, 0.1) is 0 Å². The van der Waals surface area contributed by atoms with E-state index in [1.807, 2.05) is 20.8 Å². The maximum Gasteiger partial charge on any atom is 0.501 e. The van der Waals surface area contributed by atoms with Crippen LogP contribution in [0.25, 0.3) is 0 Å². The summed E-state index contributed by atoms with van der Waals surface area (Å²) >= 11 is 0. The molecule has 0 spiro atoms. The Morgan fingerprint density at radius 1 is 0.366 bits per heavy atom. The van der Waals surface area contributed by atoms with E-state index in [0.29, 0.717) is 158 Å². The molecule has 0 aromatic carbocycles. The highest BCUT2D eigenvalue weighted by Gasteiger charge is 2.40. The van der Waals surface area contributed by atoms with E-state index in [2.05, 4.69) is 0 Å². The molecule has 41 heavy (non-hydrogen) atoms. The van der Waals surface area contributed by atoms with Crippen molar-refractivity contribution in [2.45, 2.75) is 33.2 Å². The van der Waals surface area contributed by atoms with E-state index >= 15 is 0 Å². The Morgan fingerprint density at radius 3 is 0.854 bits per heavy atom. The van der Waals surface area contributed by atoms with Crippen LogP contribution in [0.1, 0.15) is 27.2 Å². The monoisotopic (exact) mass is 617 g/mol. The topological polar surface area (TPSA) is 137 Å². The molecule has 0 heterocycles. The lowest BCUT2D eigenvalue weighted by molar-refractivity contribution is -0.0224. The van der Waals surface area contributed by atoms with E-state index in [1.54, 1.807) is 0 Å². The summed E-state index contributed by atoms with van der Waals surface area (Å²) in [5.41, 5.74) is 5.81. The van der Waals surface area contributed by atoms with Crippen LogP contribution in [0.2, 0.25) is 6.04 Å². The van der Waals surface area contributed by atoms with Crippen LogP contribution in [0.5, 0.6) is 0 Å². The van der Waals surface area contributed by atoms with Crippen LogP contribution in [0.4, 0.5) is 0 Å². The molecule has 248 valence electrons. The van der Waals surface area contributed by atoms with E-state index in [-0.39, 0.29) is 0 Å². The van der Waals surface area contributed by atoms with Crippen molar-refractivity contribution in [1.29, 1.82) is 0 Å². The molecule has 0 saturated carbocycles. The van der Waals surface area contributed by atoms with Gasteiger partial charge in [0.1, 0.15) is 0 Å². The third kappa shape index (κ3) is 29.5. The fourth-order valence-electron chi connectivity index (χ4n) is 3.18. The first kappa shape index (κ1) is 40.7. The number of nitrogens with two attached hydrogens (primary N) is 1. The third-order valence-corrected chi connectivity index (χ3v) is 8.08. The van der Waals surface area contributed by atoms with Crippen molar-refractivity contribution in [2.24, 2.45) is 5.73 Å². The van der Waals surface area contributed by atoms with Gasteiger partial charge in [0.2, 0.25) is 0 Å². The van der Waals surface area contributed by atoms with Gasteiger partial charge in [0.25, 0.3) is 0 Å². The van der Waals surface area contributed by atoms with Gasteiger partial charge in [0.15, 0.2) is 0 Å². The molecule has 0 aliphatic rings. The predicted molar refractivity (Wildman–Crippen MR) is 156 cm³/mol. The van der Waals surface area contributed by atoms with Crippen molar-refractivity contribution in [2.75, 3.05) is 145 Å². The van der Waals surface area contributed by atoms with Crippen LogP contribution in [0.15, 0.2) is 0 Å². The Kier molecular flexibility index (Phi) is 33.9. The molecule has 14 heteroatoms. The summed E-state index contributed by atoms with van der Waals surface area (Å²) in [6.45, 7) is 16.9. The van der Waals surface area contributed by atoms with Gasteiger partial charge >= 0.3 is 8.80 Å². The van der Waals surface area contributed by atoms with Gasteiger partial charge in [-0.3, -0.25) is 0 Å². The predicted octanol–water partition coefficient (Wildman–Crippen LogP) is 1.53. The van der Waals surface area contributed by atoms with Gasteiger partial charge in [0, 0.05) is 25.9 Å². The molecule has 0 atom stereocenters. The molecule has 0 unspecified atom stereocenters. The molecule has 0 amide bonds. The molecular formula is C27H59NO12Si. The summed E-state index contributed by atoms with van der Waals surface area (Å²) in [6.07, 6.45) is 0.712. The zero-order valence-electron chi connectivity index (χ0n) is 25.9. The minimum absolute atomic E-state index is 0.332. The average Bonchev–Trinajstić information content (AvgIpc) is 2.98. The Hall–Kier alpha value is -0.303. The summed E-state index contributed by atoms with van der Waals surface area (Å²) in [5.74, 6) is 0. The minimum atomic E-state index is -3.05. The lowest BCUT2D eigenvalue weighted by Crippen LogP contribution is -2.48. The summed E-state index contributed by atoms with van der Waals surface area (Å²) in [6, 6.07) is 0.588. The van der Waals surface area contributed by atoms with E-state index < -0.39 is 8.80 Å². The molecular weight excluding hydrogens is 558 g/mol. The third-order valence-electron chi connectivity index (χ3n) is 5.18. The van der Waals surface area contributed by atoms with Gasteiger partial charge in [-0.15, -0.1) is 0 Å². The summed E-state index contributed by atoms with van der Waals surface area (Å²) in [5, 5.41) is 0. The molecule has 0 aliphatic carbocycles. The van der Waals surface area contributed by atoms with Gasteiger partial charge in [-0.25, -0.2) is 0 Å². The Morgan fingerprint density at radius 2 is 0.610 bits per heavy atom. The second-order valence-corrected chi connectivity index (χ2v) is 11.1. The summed E-state index contributed by atoms with van der Waals surface area (Å²) < 4.78 is 67.8. The van der Waals surface area contributed by atoms with Crippen molar-refractivity contribution in [3.63, 3.8) is 0 Å². The molecule has 0 saturated heterocycles. The van der Waals surface area contributed by atoms with Gasteiger partial charge in [-0.2, -0.15) is 0 Å². The summed E-state index contributed by atoms with van der Waals surface area (Å²) in [7, 11) is -3.05. The number of rotatable bonds is 36. The molecule has 0 rings (SSSR count). The van der Waals surface area contributed by atoms with Crippen LogP contribution >= 0.6 is 0 Å². The Bertz CT molecular complexity index is 439. The van der Waals surface area contributed by atoms with Crippen molar-refractivity contribution < 1.29 is 55.9 Å². The first-order chi connectivity index (χ1) is 20.2. The van der Waals surface area contributed by atoms with Crippen LogP contribution in [-0.2, 0) is 55.9 Å². The number of ether oxygens (including phenoxy) is 9. The highest BCUT2D eigenvalue weighted by Crippen LogP contribution is 2.18. The Balaban J connectivity index is 4.47. The molecule has 0 aromatic heterocycles. The fourth-order valence-corrected chi connectivity index (χ4v) is 5.68. The first-order valence-electron chi connectivity index (χ1n) is 15.1. The van der Waals surface area contributed by atoms with Crippen LogP contribution in [0.3, 0.4) is 0 Å². The first-order valence-corrected chi connectivity index (χ1v) is 17.0. The van der Waals surface area contributed by atoms with Crippen molar-refractivity contribution in [1.82, 2.24) is 0 Å². The van der Waals surface area contributed by atoms with E-state index in [4.69, 9.17) is 61.6 Å². The molecule has 0 radical (unpaired) electrons. The highest BCUT2D eigenvalue weighted by molar-refractivity contribution is 6.60. The van der Waals surface area contributed by atoms with E-state index in [1.165, 1.54) is 0 Å². The summed E-state index contributed by atoms with van der Waals surface area (Å²) in [4.78, 5) is 0. The van der Waals surface area contributed by atoms with Gasteiger partial charge in [-0.05, 0) is 33.7 Å². The zero-order valence-corrected chi connectivity index (χ0v) is 26.9. The largest absolute Gasteiger partial charge is 0.501 e. The second kappa shape index (κ2) is 34.2. The smallest absolute Gasteiger partial charge is 0.379 e. The van der Waals surface area contributed by atoms with E-state index in [0.717, 1.165) is 0 Å². The standard InChI is InChI=1S/C27H59NO12Si/c1-4-29-9-12-32-15-18-35-21-24-38-41(27-7-8-28,39-25-22-36-19-16-33-13-10-30-5-2)40-26-23-37-20-17-34-14-11-31-6-3/h4-28H2,1-3H3. The Labute approximate surface area is 249 Å². The molecule has 0 aromatic rings. The minimum Gasteiger partial charge on any atom is -0.379 e.